The topological polar surface area (TPSA) is 12.0 Å². The van der Waals surface area contributed by atoms with Crippen molar-refractivity contribution >= 4 is 0 Å². The van der Waals surface area contributed by atoms with E-state index in [-0.39, 0.29) is 11.2 Å². The monoisotopic (exact) mass is 283 g/mol. The third-order valence-corrected chi connectivity index (χ3v) is 4.89. The molecule has 0 bridgehead atoms. The molecule has 0 heterocycles. The summed E-state index contributed by atoms with van der Waals surface area (Å²) in [6, 6.07) is 16.2. The van der Waals surface area contributed by atoms with E-state index in [1.54, 1.807) is 6.07 Å². The lowest BCUT2D eigenvalue weighted by Crippen LogP contribution is -2.39. The van der Waals surface area contributed by atoms with Crippen molar-refractivity contribution < 1.29 is 4.39 Å². The Kier molecular flexibility index (Phi) is 3.81. The van der Waals surface area contributed by atoms with Gasteiger partial charge in [0.2, 0.25) is 0 Å². The van der Waals surface area contributed by atoms with Crippen LogP contribution in [0.4, 0.5) is 4.39 Å². The molecule has 110 valence electrons. The van der Waals surface area contributed by atoms with Crippen molar-refractivity contribution in [3.8, 4) is 0 Å². The van der Waals surface area contributed by atoms with Crippen LogP contribution in [0.25, 0.3) is 0 Å². The summed E-state index contributed by atoms with van der Waals surface area (Å²) in [5, 5.41) is 3.48. The van der Waals surface area contributed by atoms with Crippen molar-refractivity contribution in [2.45, 2.75) is 37.6 Å². The Morgan fingerprint density at radius 1 is 1.14 bits per heavy atom. The zero-order valence-corrected chi connectivity index (χ0v) is 12.7. The fraction of sp³-hybridized carbons (Fsp3) is 0.368. The Hall–Kier alpha value is -1.67. The number of rotatable bonds is 5. The number of benzene rings is 2. The Morgan fingerprint density at radius 3 is 2.48 bits per heavy atom. The van der Waals surface area contributed by atoms with E-state index in [4.69, 9.17) is 0 Å². The van der Waals surface area contributed by atoms with Crippen LogP contribution in [-0.4, -0.2) is 13.1 Å². The van der Waals surface area contributed by atoms with E-state index in [0.717, 1.165) is 12.0 Å². The minimum Gasteiger partial charge on any atom is -0.316 e. The maximum absolute atomic E-state index is 13.5. The maximum Gasteiger partial charge on any atom is 0.123 e. The summed E-state index contributed by atoms with van der Waals surface area (Å²) in [5.74, 6) is -0.144. The van der Waals surface area contributed by atoms with E-state index in [9.17, 15) is 4.39 Å². The van der Waals surface area contributed by atoms with Crippen LogP contribution in [0.5, 0.6) is 0 Å². The van der Waals surface area contributed by atoms with Crippen molar-refractivity contribution in [3.63, 3.8) is 0 Å². The average molecular weight is 283 g/mol. The molecule has 2 aromatic rings. The van der Waals surface area contributed by atoms with E-state index < -0.39 is 0 Å². The number of halogens is 1. The molecule has 1 fully saturated rings. The van der Waals surface area contributed by atoms with Gasteiger partial charge < -0.3 is 5.32 Å². The number of likely N-dealkylation sites (N-methyl/N-ethyl adjacent to an activating group) is 1. The third kappa shape index (κ3) is 2.73. The standard InChI is InChI=1S/C19H22FN/c1-14-8-9-17(20)12-15(14)13-18(21-2)19(10-11-19)16-6-4-3-5-7-16/h3-9,12,18,21H,10-11,13H2,1-2H3. The summed E-state index contributed by atoms with van der Waals surface area (Å²) in [7, 11) is 2.02. The van der Waals surface area contributed by atoms with E-state index in [1.807, 2.05) is 13.1 Å². The molecule has 0 saturated heterocycles. The summed E-state index contributed by atoms with van der Waals surface area (Å²) in [5.41, 5.74) is 3.89. The minimum atomic E-state index is -0.144. The first-order valence-corrected chi connectivity index (χ1v) is 7.63. The summed E-state index contributed by atoms with van der Waals surface area (Å²) in [4.78, 5) is 0. The van der Waals surface area contributed by atoms with Crippen molar-refractivity contribution in [2.75, 3.05) is 7.05 Å². The van der Waals surface area contributed by atoms with Gasteiger partial charge in [0, 0.05) is 11.5 Å². The molecule has 21 heavy (non-hydrogen) atoms. The molecule has 0 aromatic heterocycles. The molecular weight excluding hydrogens is 261 g/mol. The van der Waals surface area contributed by atoms with Gasteiger partial charge in [0.15, 0.2) is 0 Å². The van der Waals surface area contributed by atoms with E-state index in [1.165, 1.54) is 30.0 Å². The van der Waals surface area contributed by atoms with Gasteiger partial charge in [-0.2, -0.15) is 0 Å². The summed E-state index contributed by atoms with van der Waals surface area (Å²) < 4.78 is 13.5. The third-order valence-electron chi connectivity index (χ3n) is 4.89. The molecule has 3 rings (SSSR count). The lowest BCUT2D eigenvalue weighted by Gasteiger charge is -2.28. The smallest absolute Gasteiger partial charge is 0.123 e. The first-order chi connectivity index (χ1) is 10.2. The summed E-state index contributed by atoms with van der Waals surface area (Å²) in [6.45, 7) is 2.06. The SMILES string of the molecule is CNC(Cc1cc(F)ccc1C)C1(c2ccccc2)CC1. The maximum atomic E-state index is 13.5. The predicted molar refractivity (Wildman–Crippen MR) is 85.0 cm³/mol. The molecule has 2 heteroatoms. The first kappa shape index (κ1) is 14.3. The lowest BCUT2D eigenvalue weighted by molar-refractivity contribution is 0.441. The highest BCUT2D eigenvalue weighted by Gasteiger charge is 2.49. The van der Waals surface area contributed by atoms with Crippen LogP contribution >= 0.6 is 0 Å². The zero-order valence-electron chi connectivity index (χ0n) is 12.7. The molecule has 0 aliphatic heterocycles. The molecule has 1 aliphatic carbocycles. The van der Waals surface area contributed by atoms with Crippen molar-refractivity contribution in [1.29, 1.82) is 0 Å². The molecule has 1 saturated carbocycles. The Morgan fingerprint density at radius 2 is 1.86 bits per heavy atom. The van der Waals surface area contributed by atoms with Gasteiger partial charge in [-0.25, -0.2) is 4.39 Å². The number of hydrogen-bond acceptors (Lipinski definition) is 1. The second kappa shape index (κ2) is 5.61. The van der Waals surface area contributed by atoms with Gasteiger partial charge in [0.25, 0.3) is 0 Å². The molecule has 1 aliphatic rings. The normalized spacial score (nSPS) is 17.5. The van der Waals surface area contributed by atoms with Crippen LogP contribution in [0.15, 0.2) is 48.5 Å². The first-order valence-electron chi connectivity index (χ1n) is 7.63. The van der Waals surface area contributed by atoms with Crippen LogP contribution in [0, 0.1) is 12.7 Å². The summed E-state index contributed by atoms with van der Waals surface area (Å²) >= 11 is 0. The van der Waals surface area contributed by atoms with Gasteiger partial charge in [0.05, 0.1) is 0 Å². The Balaban J connectivity index is 1.88. The van der Waals surface area contributed by atoms with Gasteiger partial charge in [-0.3, -0.25) is 0 Å². The van der Waals surface area contributed by atoms with Gasteiger partial charge in [0.1, 0.15) is 5.82 Å². The fourth-order valence-corrected chi connectivity index (χ4v) is 3.40. The van der Waals surface area contributed by atoms with Crippen molar-refractivity contribution in [2.24, 2.45) is 0 Å². The Bertz CT molecular complexity index is 617. The molecule has 0 amide bonds. The van der Waals surface area contributed by atoms with Crippen molar-refractivity contribution in [3.05, 3.63) is 71.0 Å². The largest absolute Gasteiger partial charge is 0.316 e. The molecule has 1 unspecified atom stereocenters. The molecule has 0 spiro atoms. The van der Waals surface area contributed by atoms with Crippen LogP contribution in [0.3, 0.4) is 0 Å². The molecular formula is C19H22FN. The second-order valence-corrected chi connectivity index (χ2v) is 6.14. The highest BCUT2D eigenvalue weighted by molar-refractivity contribution is 5.36. The predicted octanol–water partition coefficient (Wildman–Crippen LogP) is 4.00. The van der Waals surface area contributed by atoms with Crippen LogP contribution in [0.1, 0.15) is 29.5 Å². The highest BCUT2D eigenvalue weighted by atomic mass is 19.1. The number of hydrogen-bond donors (Lipinski definition) is 1. The van der Waals surface area contributed by atoms with Gasteiger partial charge in [-0.05, 0) is 62.1 Å². The van der Waals surface area contributed by atoms with Gasteiger partial charge in [-0.15, -0.1) is 0 Å². The molecule has 2 aromatic carbocycles. The highest BCUT2D eigenvalue weighted by Crippen LogP contribution is 2.51. The van der Waals surface area contributed by atoms with Gasteiger partial charge >= 0.3 is 0 Å². The Labute approximate surface area is 126 Å². The second-order valence-electron chi connectivity index (χ2n) is 6.14. The quantitative estimate of drug-likeness (QED) is 0.874. The average Bonchev–Trinajstić information content (AvgIpc) is 3.31. The molecule has 0 radical (unpaired) electrons. The van der Waals surface area contributed by atoms with Crippen LogP contribution in [0.2, 0.25) is 0 Å². The fourth-order valence-electron chi connectivity index (χ4n) is 3.40. The molecule has 1 atom stereocenters. The van der Waals surface area contributed by atoms with Crippen molar-refractivity contribution in [1.82, 2.24) is 5.32 Å². The lowest BCUT2D eigenvalue weighted by atomic mass is 9.84. The van der Waals surface area contributed by atoms with Crippen LogP contribution < -0.4 is 5.32 Å². The molecule has 1 nitrogen and oxygen atoms in total. The number of aryl methyl sites for hydroxylation is 1. The van der Waals surface area contributed by atoms with Gasteiger partial charge in [-0.1, -0.05) is 36.4 Å². The van der Waals surface area contributed by atoms with Crippen LogP contribution in [-0.2, 0) is 11.8 Å². The summed E-state index contributed by atoms with van der Waals surface area (Å²) in [6.07, 6.45) is 3.28. The number of nitrogens with one attached hydrogen (secondary N) is 1. The van der Waals surface area contributed by atoms with E-state index >= 15 is 0 Å². The van der Waals surface area contributed by atoms with E-state index in [2.05, 4.69) is 42.6 Å². The van der Waals surface area contributed by atoms with E-state index in [0.29, 0.717) is 6.04 Å². The minimum absolute atomic E-state index is 0.144. The molecule has 1 N–H and O–H groups in total. The zero-order chi connectivity index (χ0) is 14.9.